The molecular weight excluding hydrogens is 396 g/mol. The van der Waals surface area contributed by atoms with Crippen molar-refractivity contribution in [1.29, 1.82) is 0 Å². The molecule has 0 saturated heterocycles. The molecule has 6 heteroatoms. The van der Waals surface area contributed by atoms with E-state index in [9.17, 15) is 13.2 Å². The Hall–Kier alpha value is -3.12. The van der Waals surface area contributed by atoms with Gasteiger partial charge in [-0.2, -0.15) is 0 Å². The Balaban J connectivity index is 1.50. The molecule has 0 aromatic heterocycles. The van der Waals surface area contributed by atoms with Crippen LogP contribution in [0.5, 0.6) is 0 Å². The van der Waals surface area contributed by atoms with E-state index in [4.69, 9.17) is 0 Å². The number of hydrogen-bond donors (Lipinski definition) is 2. The molecule has 1 aliphatic rings. The van der Waals surface area contributed by atoms with Gasteiger partial charge in [0.15, 0.2) is 0 Å². The predicted octanol–water partition coefficient (Wildman–Crippen LogP) is 4.60. The summed E-state index contributed by atoms with van der Waals surface area (Å²) in [6, 6.07) is 21.4. The maximum Gasteiger partial charge on any atom is 0.261 e. The molecule has 0 heterocycles. The minimum absolute atomic E-state index is 0.000911. The lowest BCUT2D eigenvalue weighted by molar-refractivity contribution is 0.0932. The van der Waals surface area contributed by atoms with Gasteiger partial charge in [-0.05, 0) is 73.2 Å². The van der Waals surface area contributed by atoms with E-state index in [1.54, 1.807) is 55.5 Å². The highest BCUT2D eigenvalue weighted by molar-refractivity contribution is 7.92. The Kier molecular flexibility index (Phi) is 5.59. The van der Waals surface area contributed by atoms with Gasteiger partial charge in [-0.25, -0.2) is 8.42 Å². The molecule has 1 unspecified atom stereocenters. The van der Waals surface area contributed by atoms with Crippen molar-refractivity contribution in [3.63, 3.8) is 0 Å². The molecule has 0 radical (unpaired) electrons. The molecule has 1 amide bonds. The van der Waals surface area contributed by atoms with Gasteiger partial charge in [0.05, 0.1) is 16.6 Å². The summed E-state index contributed by atoms with van der Waals surface area (Å²) in [5.41, 5.74) is 4.12. The molecule has 30 heavy (non-hydrogen) atoms. The number of anilines is 1. The van der Waals surface area contributed by atoms with Gasteiger partial charge in [0.2, 0.25) is 0 Å². The summed E-state index contributed by atoms with van der Waals surface area (Å²) in [5.74, 6) is -0.155. The van der Waals surface area contributed by atoms with Crippen LogP contribution in [0.4, 0.5) is 5.69 Å². The van der Waals surface area contributed by atoms with Crippen LogP contribution in [0.3, 0.4) is 0 Å². The van der Waals surface area contributed by atoms with Crippen molar-refractivity contribution < 1.29 is 13.2 Å². The van der Waals surface area contributed by atoms with E-state index in [1.807, 2.05) is 12.1 Å². The summed E-state index contributed by atoms with van der Waals surface area (Å²) in [6.07, 6.45) is 3.00. The van der Waals surface area contributed by atoms with E-state index in [1.165, 1.54) is 11.1 Å². The largest absolute Gasteiger partial charge is 0.345 e. The molecule has 3 aromatic carbocycles. The zero-order valence-corrected chi connectivity index (χ0v) is 17.6. The second kappa shape index (κ2) is 8.32. The van der Waals surface area contributed by atoms with Crippen LogP contribution in [0, 0.1) is 6.92 Å². The third-order valence-corrected chi connectivity index (χ3v) is 6.84. The lowest BCUT2D eigenvalue weighted by Crippen LogP contribution is -2.31. The van der Waals surface area contributed by atoms with Crippen molar-refractivity contribution in [2.75, 3.05) is 4.72 Å². The highest BCUT2D eigenvalue weighted by Crippen LogP contribution is 2.30. The number of carbonyl (C=O) groups excluding carboxylic acids is 1. The first-order valence-corrected chi connectivity index (χ1v) is 11.5. The minimum Gasteiger partial charge on any atom is -0.345 e. The van der Waals surface area contributed by atoms with Crippen molar-refractivity contribution >= 4 is 21.6 Å². The molecule has 0 bridgehead atoms. The first-order chi connectivity index (χ1) is 14.4. The summed E-state index contributed by atoms with van der Waals surface area (Å²) in [4.78, 5) is 13.0. The zero-order chi connectivity index (χ0) is 21.1. The topological polar surface area (TPSA) is 75.3 Å². The van der Waals surface area contributed by atoms with Crippen LogP contribution in [0.25, 0.3) is 0 Å². The maximum atomic E-state index is 12.8. The Labute approximate surface area is 177 Å². The molecule has 5 nitrogen and oxygen atoms in total. The van der Waals surface area contributed by atoms with Crippen LogP contribution in [-0.4, -0.2) is 14.3 Å². The van der Waals surface area contributed by atoms with Crippen LogP contribution in [0.1, 0.15) is 45.9 Å². The number of carbonyl (C=O) groups is 1. The summed E-state index contributed by atoms with van der Waals surface area (Å²) >= 11 is 0. The molecule has 154 valence electrons. The number of nitrogens with one attached hydrogen (secondary N) is 2. The number of benzene rings is 3. The van der Waals surface area contributed by atoms with E-state index in [0.29, 0.717) is 16.8 Å². The number of rotatable bonds is 5. The van der Waals surface area contributed by atoms with Gasteiger partial charge in [0.1, 0.15) is 0 Å². The SMILES string of the molecule is Cc1cc(C(=O)NC2CCCc3ccccc32)ccc1NS(=O)(=O)c1ccccc1. The smallest absolute Gasteiger partial charge is 0.261 e. The second-order valence-corrected chi connectivity index (χ2v) is 9.25. The van der Waals surface area contributed by atoms with Gasteiger partial charge in [-0.1, -0.05) is 42.5 Å². The van der Waals surface area contributed by atoms with Crippen molar-refractivity contribution in [3.8, 4) is 0 Å². The first-order valence-electron chi connectivity index (χ1n) is 10.0. The molecule has 0 saturated carbocycles. The van der Waals surface area contributed by atoms with Gasteiger partial charge in [0, 0.05) is 5.56 Å². The van der Waals surface area contributed by atoms with E-state index >= 15 is 0 Å². The van der Waals surface area contributed by atoms with Crippen molar-refractivity contribution in [1.82, 2.24) is 5.32 Å². The van der Waals surface area contributed by atoms with Gasteiger partial charge >= 0.3 is 0 Å². The Morgan fingerprint density at radius 3 is 2.47 bits per heavy atom. The fourth-order valence-corrected chi connectivity index (χ4v) is 5.02. The standard InChI is InChI=1S/C24H24N2O3S/c1-17-16-19(14-15-22(17)26-30(28,29)20-10-3-2-4-11-20)24(27)25-23-13-7-9-18-8-5-6-12-21(18)23/h2-6,8,10-12,14-16,23,26H,7,9,13H2,1H3,(H,25,27). The molecule has 2 N–H and O–H groups in total. The first kappa shape index (κ1) is 20.2. The van der Waals surface area contributed by atoms with Crippen LogP contribution in [0.2, 0.25) is 0 Å². The summed E-state index contributed by atoms with van der Waals surface area (Å²) in [6.45, 7) is 1.79. The average molecular weight is 421 g/mol. The number of amides is 1. The monoisotopic (exact) mass is 420 g/mol. The predicted molar refractivity (Wildman–Crippen MR) is 118 cm³/mol. The molecule has 1 aliphatic carbocycles. The van der Waals surface area contributed by atoms with Crippen molar-refractivity contribution in [2.24, 2.45) is 0 Å². The Morgan fingerprint density at radius 2 is 1.70 bits per heavy atom. The van der Waals surface area contributed by atoms with Crippen LogP contribution in [0.15, 0.2) is 77.7 Å². The van der Waals surface area contributed by atoms with Crippen LogP contribution >= 0.6 is 0 Å². The molecule has 0 aliphatic heterocycles. The van der Waals surface area contributed by atoms with Crippen LogP contribution in [-0.2, 0) is 16.4 Å². The molecule has 3 aromatic rings. The van der Waals surface area contributed by atoms with Gasteiger partial charge in [-0.3, -0.25) is 9.52 Å². The summed E-state index contributed by atoms with van der Waals surface area (Å²) in [7, 11) is -3.68. The molecule has 0 spiro atoms. The highest BCUT2D eigenvalue weighted by Gasteiger charge is 2.22. The molecule has 4 rings (SSSR count). The fourth-order valence-electron chi connectivity index (χ4n) is 3.87. The second-order valence-electron chi connectivity index (χ2n) is 7.57. The maximum absolute atomic E-state index is 12.8. The van der Waals surface area contributed by atoms with Gasteiger partial charge in [0.25, 0.3) is 15.9 Å². The fraction of sp³-hybridized carbons (Fsp3) is 0.208. The molecule has 1 atom stereocenters. The third-order valence-electron chi connectivity index (χ3n) is 5.46. The van der Waals surface area contributed by atoms with Crippen molar-refractivity contribution in [3.05, 3.63) is 95.1 Å². The number of fused-ring (bicyclic) bond motifs is 1. The van der Waals surface area contributed by atoms with Gasteiger partial charge in [-0.15, -0.1) is 0 Å². The number of aryl methyl sites for hydroxylation is 2. The highest BCUT2D eigenvalue weighted by atomic mass is 32.2. The van der Waals surface area contributed by atoms with E-state index in [2.05, 4.69) is 22.2 Å². The average Bonchev–Trinajstić information content (AvgIpc) is 2.76. The van der Waals surface area contributed by atoms with Crippen LogP contribution < -0.4 is 10.0 Å². The van der Waals surface area contributed by atoms with Gasteiger partial charge < -0.3 is 5.32 Å². The lowest BCUT2D eigenvalue weighted by atomic mass is 9.87. The molecular formula is C24H24N2O3S. The number of hydrogen-bond acceptors (Lipinski definition) is 3. The third kappa shape index (κ3) is 4.24. The Morgan fingerprint density at radius 1 is 0.967 bits per heavy atom. The Bertz CT molecular complexity index is 1170. The molecule has 0 fully saturated rings. The van der Waals surface area contributed by atoms with E-state index in [-0.39, 0.29) is 16.8 Å². The summed E-state index contributed by atoms with van der Waals surface area (Å²) < 4.78 is 27.7. The van der Waals surface area contributed by atoms with Crippen molar-refractivity contribution in [2.45, 2.75) is 37.1 Å². The zero-order valence-electron chi connectivity index (χ0n) is 16.8. The van der Waals surface area contributed by atoms with E-state index in [0.717, 1.165) is 19.3 Å². The summed E-state index contributed by atoms with van der Waals surface area (Å²) in [5, 5.41) is 3.13. The normalized spacial score (nSPS) is 15.8. The quantitative estimate of drug-likeness (QED) is 0.633. The van der Waals surface area contributed by atoms with E-state index < -0.39 is 10.0 Å². The lowest BCUT2D eigenvalue weighted by Gasteiger charge is -2.26. The minimum atomic E-state index is -3.68. The number of sulfonamides is 1.